The fraction of sp³-hybridized carbons (Fsp3) is 0.400. The van der Waals surface area contributed by atoms with Crippen LogP contribution in [0.15, 0.2) is 46.2 Å². The summed E-state index contributed by atoms with van der Waals surface area (Å²) in [6.07, 6.45) is 5.77. The SMILES string of the molecule is OCCCCc1ccc2c(c1)Nc1cccc(CCCCO)c1S2. The quantitative estimate of drug-likeness (QED) is 0.526. The Balaban J connectivity index is 1.75. The number of hydrogen-bond donors (Lipinski definition) is 3. The Bertz CT molecular complexity index is 687. The van der Waals surface area contributed by atoms with Crippen molar-refractivity contribution in [3.8, 4) is 0 Å². The van der Waals surface area contributed by atoms with Gasteiger partial charge in [0, 0.05) is 23.0 Å². The van der Waals surface area contributed by atoms with Gasteiger partial charge in [0.1, 0.15) is 0 Å². The van der Waals surface area contributed by atoms with Crippen LogP contribution in [0, 0.1) is 0 Å². The van der Waals surface area contributed by atoms with Gasteiger partial charge in [-0.2, -0.15) is 0 Å². The molecule has 24 heavy (non-hydrogen) atoms. The maximum absolute atomic E-state index is 8.98. The predicted octanol–water partition coefficient (Wildman–Crippen LogP) is 4.52. The molecule has 1 heterocycles. The van der Waals surface area contributed by atoms with Crippen LogP contribution in [0.2, 0.25) is 0 Å². The minimum atomic E-state index is 0.266. The molecule has 0 aliphatic carbocycles. The van der Waals surface area contributed by atoms with Crippen LogP contribution < -0.4 is 5.32 Å². The van der Waals surface area contributed by atoms with Gasteiger partial charge in [-0.15, -0.1) is 0 Å². The van der Waals surface area contributed by atoms with Crippen molar-refractivity contribution in [1.82, 2.24) is 0 Å². The summed E-state index contributed by atoms with van der Waals surface area (Å²) in [7, 11) is 0. The standard InChI is InChI=1S/C20H25NO2S/c22-12-3-1-6-15-10-11-19-18(14-15)21-17-9-5-8-16(20(17)24-19)7-2-4-13-23/h5,8-11,14,21-23H,1-4,6-7,12-13H2. The van der Waals surface area contributed by atoms with Crippen LogP contribution in [-0.2, 0) is 12.8 Å². The summed E-state index contributed by atoms with van der Waals surface area (Å²) in [5, 5.41) is 21.5. The van der Waals surface area contributed by atoms with Gasteiger partial charge >= 0.3 is 0 Å². The summed E-state index contributed by atoms with van der Waals surface area (Å²) < 4.78 is 0. The van der Waals surface area contributed by atoms with E-state index in [9.17, 15) is 0 Å². The van der Waals surface area contributed by atoms with Crippen molar-refractivity contribution >= 4 is 23.1 Å². The van der Waals surface area contributed by atoms with Gasteiger partial charge in [0.25, 0.3) is 0 Å². The van der Waals surface area contributed by atoms with E-state index < -0.39 is 0 Å². The van der Waals surface area contributed by atoms with Gasteiger partial charge in [-0.1, -0.05) is 30.0 Å². The third-order valence-electron chi connectivity index (χ3n) is 4.35. The largest absolute Gasteiger partial charge is 0.396 e. The Morgan fingerprint density at radius 1 is 0.833 bits per heavy atom. The number of nitrogens with one attached hydrogen (secondary N) is 1. The highest BCUT2D eigenvalue weighted by Gasteiger charge is 2.18. The van der Waals surface area contributed by atoms with E-state index in [0.29, 0.717) is 0 Å². The first-order valence-electron chi connectivity index (χ1n) is 8.73. The lowest BCUT2D eigenvalue weighted by molar-refractivity contribution is 0.284. The molecule has 2 aromatic rings. The molecule has 2 aromatic carbocycles. The molecular formula is C20H25NO2S. The fourth-order valence-electron chi connectivity index (χ4n) is 3.04. The number of hydrogen-bond acceptors (Lipinski definition) is 4. The van der Waals surface area contributed by atoms with E-state index in [1.165, 1.54) is 32.3 Å². The third-order valence-corrected chi connectivity index (χ3v) is 5.61. The number of aliphatic hydroxyl groups excluding tert-OH is 2. The van der Waals surface area contributed by atoms with E-state index in [-0.39, 0.29) is 13.2 Å². The average Bonchev–Trinajstić information content (AvgIpc) is 2.60. The smallest absolute Gasteiger partial charge is 0.0529 e. The van der Waals surface area contributed by atoms with Crippen molar-refractivity contribution in [1.29, 1.82) is 0 Å². The lowest BCUT2D eigenvalue weighted by atomic mass is 10.1. The van der Waals surface area contributed by atoms with E-state index in [1.54, 1.807) is 0 Å². The Kier molecular flexibility index (Phi) is 6.18. The second-order valence-corrected chi connectivity index (χ2v) is 7.27. The molecule has 0 saturated carbocycles. The molecule has 4 heteroatoms. The number of benzene rings is 2. The molecule has 128 valence electrons. The van der Waals surface area contributed by atoms with Gasteiger partial charge in [0.05, 0.1) is 11.4 Å². The first-order valence-corrected chi connectivity index (χ1v) is 9.55. The number of aryl methyl sites for hydroxylation is 2. The predicted molar refractivity (Wildman–Crippen MR) is 100 cm³/mol. The summed E-state index contributed by atoms with van der Waals surface area (Å²) in [6, 6.07) is 13.1. The lowest BCUT2D eigenvalue weighted by Crippen LogP contribution is -2.03. The normalized spacial score (nSPS) is 12.4. The summed E-state index contributed by atoms with van der Waals surface area (Å²) in [5.41, 5.74) is 5.04. The van der Waals surface area contributed by atoms with Gasteiger partial charge in [-0.3, -0.25) is 0 Å². The van der Waals surface area contributed by atoms with Crippen molar-refractivity contribution in [2.24, 2.45) is 0 Å². The molecule has 3 nitrogen and oxygen atoms in total. The van der Waals surface area contributed by atoms with Crippen LogP contribution in [0.5, 0.6) is 0 Å². The second kappa shape index (κ2) is 8.56. The molecule has 1 aliphatic heterocycles. The summed E-state index contributed by atoms with van der Waals surface area (Å²) >= 11 is 1.84. The fourth-order valence-corrected chi connectivity index (χ4v) is 4.15. The number of fused-ring (bicyclic) bond motifs is 2. The monoisotopic (exact) mass is 343 g/mol. The minimum absolute atomic E-state index is 0.266. The Morgan fingerprint density at radius 2 is 1.62 bits per heavy atom. The molecule has 0 saturated heterocycles. The molecule has 0 bridgehead atoms. The molecule has 0 radical (unpaired) electrons. The molecule has 3 N–H and O–H groups in total. The number of anilines is 2. The highest BCUT2D eigenvalue weighted by molar-refractivity contribution is 7.99. The zero-order chi connectivity index (χ0) is 16.8. The van der Waals surface area contributed by atoms with Gasteiger partial charge in [0.15, 0.2) is 0 Å². The Labute approximate surface area is 148 Å². The van der Waals surface area contributed by atoms with Gasteiger partial charge in [-0.05, 0) is 67.9 Å². The lowest BCUT2D eigenvalue weighted by Gasteiger charge is -2.23. The third kappa shape index (κ3) is 4.12. The van der Waals surface area contributed by atoms with E-state index in [0.717, 1.165) is 38.5 Å². The van der Waals surface area contributed by atoms with Gasteiger partial charge in [-0.25, -0.2) is 0 Å². The van der Waals surface area contributed by atoms with Crippen molar-refractivity contribution in [3.05, 3.63) is 47.5 Å². The Hall–Kier alpha value is -1.49. The molecule has 1 aliphatic rings. The molecule has 0 amide bonds. The number of rotatable bonds is 8. The van der Waals surface area contributed by atoms with E-state index in [2.05, 4.69) is 41.7 Å². The van der Waals surface area contributed by atoms with Crippen LogP contribution >= 0.6 is 11.8 Å². The molecule has 0 aromatic heterocycles. The topological polar surface area (TPSA) is 52.5 Å². The molecule has 0 fully saturated rings. The van der Waals surface area contributed by atoms with Crippen molar-refractivity contribution in [2.45, 2.75) is 48.3 Å². The van der Waals surface area contributed by atoms with Crippen LogP contribution in [-0.4, -0.2) is 23.4 Å². The number of unbranched alkanes of at least 4 members (excludes halogenated alkanes) is 2. The Morgan fingerprint density at radius 3 is 2.42 bits per heavy atom. The second-order valence-electron chi connectivity index (χ2n) is 6.21. The van der Waals surface area contributed by atoms with E-state index in [4.69, 9.17) is 10.2 Å². The summed E-state index contributed by atoms with van der Waals surface area (Å²) in [4.78, 5) is 2.58. The highest BCUT2D eigenvalue weighted by atomic mass is 32.2. The maximum Gasteiger partial charge on any atom is 0.0529 e. The highest BCUT2D eigenvalue weighted by Crippen LogP contribution is 2.46. The molecule has 0 atom stereocenters. The average molecular weight is 343 g/mol. The minimum Gasteiger partial charge on any atom is -0.396 e. The molecular weight excluding hydrogens is 318 g/mol. The summed E-state index contributed by atoms with van der Waals surface area (Å²) in [6.45, 7) is 0.536. The van der Waals surface area contributed by atoms with Crippen molar-refractivity contribution in [3.63, 3.8) is 0 Å². The zero-order valence-corrected chi connectivity index (χ0v) is 14.7. The zero-order valence-electron chi connectivity index (χ0n) is 13.9. The van der Waals surface area contributed by atoms with Crippen LogP contribution in [0.1, 0.15) is 36.8 Å². The molecule has 3 rings (SSSR count). The van der Waals surface area contributed by atoms with E-state index >= 15 is 0 Å². The van der Waals surface area contributed by atoms with Crippen LogP contribution in [0.4, 0.5) is 11.4 Å². The van der Waals surface area contributed by atoms with Gasteiger partial charge in [0.2, 0.25) is 0 Å². The molecule has 0 unspecified atom stereocenters. The summed E-state index contributed by atoms with van der Waals surface area (Å²) in [5.74, 6) is 0. The number of aliphatic hydroxyl groups is 2. The van der Waals surface area contributed by atoms with Crippen molar-refractivity contribution < 1.29 is 10.2 Å². The van der Waals surface area contributed by atoms with Crippen LogP contribution in [0.3, 0.4) is 0 Å². The van der Waals surface area contributed by atoms with Crippen molar-refractivity contribution in [2.75, 3.05) is 18.5 Å². The van der Waals surface area contributed by atoms with E-state index in [1.807, 2.05) is 11.8 Å². The van der Waals surface area contributed by atoms with Crippen LogP contribution in [0.25, 0.3) is 0 Å². The first kappa shape index (κ1) is 17.3. The maximum atomic E-state index is 8.98. The van der Waals surface area contributed by atoms with Gasteiger partial charge < -0.3 is 15.5 Å². The molecule has 0 spiro atoms. The first-order chi connectivity index (χ1) is 11.8.